The van der Waals surface area contributed by atoms with Crippen molar-refractivity contribution in [2.24, 2.45) is 4.99 Å². The Morgan fingerprint density at radius 2 is 1.94 bits per heavy atom. The lowest BCUT2D eigenvalue weighted by Gasteiger charge is -2.09. The summed E-state index contributed by atoms with van der Waals surface area (Å²) in [5.74, 6) is 1.05. The SMILES string of the molecule is Cc1nc(C2N=C(c3ccc(OC(F)(F)F)cc3)NO2)nn1Cc1cn2ccccc2n1. The zero-order chi connectivity index (χ0) is 22.3. The van der Waals surface area contributed by atoms with Gasteiger partial charge in [0.25, 0.3) is 0 Å². The Balaban J connectivity index is 1.31. The van der Waals surface area contributed by atoms with E-state index in [1.165, 1.54) is 24.3 Å². The van der Waals surface area contributed by atoms with E-state index in [0.717, 1.165) is 11.3 Å². The number of fused-ring (bicyclic) bond motifs is 1. The van der Waals surface area contributed by atoms with Crippen molar-refractivity contribution in [1.29, 1.82) is 0 Å². The predicted octanol–water partition coefficient (Wildman–Crippen LogP) is 3.16. The smallest absolute Gasteiger partial charge is 0.406 e. The summed E-state index contributed by atoms with van der Waals surface area (Å²) >= 11 is 0. The number of hydroxylamine groups is 1. The Kier molecular flexibility index (Phi) is 4.78. The predicted molar refractivity (Wildman–Crippen MR) is 106 cm³/mol. The summed E-state index contributed by atoms with van der Waals surface area (Å²) in [5, 5.41) is 4.48. The third kappa shape index (κ3) is 4.12. The molecule has 3 aromatic heterocycles. The maximum absolute atomic E-state index is 12.3. The number of nitrogens with one attached hydrogen (secondary N) is 1. The molecule has 1 atom stereocenters. The number of hydrogen-bond donors (Lipinski definition) is 1. The molecular formula is C20H16F3N7O2. The average Bonchev–Trinajstić information content (AvgIpc) is 3.46. The van der Waals surface area contributed by atoms with Crippen molar-refractivity contribution in [1.82, 2.24) is 29.6 Å². The first kappa shape index (κ1) is 20.0. The Morgan fingerprint density at radius 1 is 1.12 bits per heavy atom. The zero-order valence-electron chi connectivity index (χ0n) is 16.6. The van der Waals surface area contributed by atoms with Gasteiger partial charge >= 0.3 is 6.36 Å². The van der Waals surface area contributed by atoms with E-state index in [0.29, 0.717) is 29.6 Å². The van der Waals surface area contributed by atoms with Gasteiger partial charge in [0.1, 0.15) is 17.2 Å². The van der Waals surface area contributed by atoms with Gasteiger partial charge in [0, 0.05) is 18.0 Å². The standard InChI is InChI=1S/C20H16F3N7O2/c1-12-24-18(27-30(12)11-14-10-29-9-3-2-4-16(29)25-14)19-26-17(28-32-19)13-5-7-15(8-6-13)31-20(21,22)23/h2-10,19H,11H2,1H3,(H,26,28). The molecule has 0 saturated heterocycles. The lowest BCUT2D eigenvalue weighted by Crippen LogP contribution is -2.19. The number of imidazole rings is 1. The number of amidine groups is 1. The number of ether oxygens (including phenoxy) is 1. The number of hydrogen-bond acceptors (Lipinski definition) is 7. The summed E-state index contributed by atoms with van der Waals surface area (Å²) in [6, 6.07) is 11.0. The second-order valence-electron chi connectivity index (χ2n) is 7.00. The molecule has 9 nitrogen and oxygen atoms in total. The van der Waals surface area contributed by atoms with E-state index in [-0.39, 0.29) is 5.75 Å². The van der Waals surface area contributed by atoms with Crippen LogP contribution in [0.25, 0.3) is 5.65 Å². The summed E-state index contributed by atoms with van der Waals surface area (Å²) in [6.07, 6.45) is -1.70. The maximum Gasteiger partial charge on any atom is 0.573 e. The average molecular weight is 443 g/mol. The number of pyridine rings is 1. The van der Waals surface area contributed by atoms with Crippen LogP contribution in [0.1, 0.15) is 29.1 Å². The van der Waals surface area contributed by atoms with Gasteiger partial charge in [-0.05, 0) is 43.3 Å². The van der Waals surface area contributed by atoms with E-state index in [2.05, 4.69) is 30.3 Å². The molecule has 12 heteroatoms. The number of aromatic nitrogens is 5. The Labute approximate surface area is 179 Å². The Morgan fingerprint density at radius 3 is 2.69 bits per heavy atom. The topological polar surface area (TPSA) is 90.9 Å². The molecule has 4 aromatic rings. The number of aliphatic imine (C=N–C) groups is 1. The highest BCUT2D eigenvalue weighted by Gasteiger charge is 2.31. The molecule has 1 aliphatic rings. The minimum Gasteiger partial charge on any atom is -0.406 e. The molecule has 5 rings (SSSR count). The molecule has 164 valence electrons. The van der Waals surface area contributed by atoms with Crippen molar-refractivity contribution in [3.8, 4) is 5.75 Å². The summed E-state index contributed by atoms with van der Waals surface area (Å²) in [5.41, 5.74) is 4.86. The fraction of sp³-hybridized carbons (Fsp3) is 0.200. The van der Waals surface area contributed by atoms with Gasteiger partial charge in [-0.2, -0.15) is 5.10 Å². The van der Waals surface area contributed by atoms with E-state index in [1.807, 2.05) is 41.9 Å². The fourth-order valence-electron chi connectivity index (χ4n) is 3.25. The van der Waals surface area contributed by atoms with Crippen LogP contribution in [0.4, 0.5) is 13.2 Å². The first-order valence-electron chi connectivity index (χ1n) is 9.54. The van der Waals surface area contributed by atoms with Crippen molar-refractivity contribution in [3.05, 3.63) is 77.8 Å². The zero-order valence-corrected chi connectivity index (χ0v) is 16.6. The van der Waals surface area contributed by atoms with Crippen molar-refractivity contribution in [2.45, 2.75) is 26.1 Å². The van der Waals surface area contributed by atoms with Crippen molar-refractivity contribution in [2.75, 3.05) is 0 Å². The summed E-state index contributed by atoms with van der Waals surface area (Å²) in [4.78, 5) is 18.8. The van der Waals surface area contributed by atoms with E-state index in [4.69, 9.17) is 4.84 Å². The van der Waals surface area contributed by atoms with Crippen LogP contribution in [-0.2, 0) is 11.4 Å². The van der Waals surface area contributed by atoms with Gasteiger partial charge in [0.05, 0.1) is 12.2 Å². The largest absolute Gasteiger partial charge is 0.573 e. The molecule has 1 aromatic carbocycles. The molecule has 0 bridgehead atoms. The van der Waals surface area contributed by atoms with Gasteiger partial charge in [-0.15, -0.1) is 13.2 Å². The van der Waals surface area contributed by atoms with Gasteiger partial charge in [-0.25, -0.2) is 30.0 Å². The van der Waals surface area contributed by atoms with Crippen LogP contribution in [0.15, 0.2) is 59.9 Å². The van der Waals surface area contributed by atoms with Crippen LogP contribution in [-0.4, -0.2) is 36.3 Å². The number of alkyl halides is 3. The lowest BCUT2D eigenvalue weighted by atomic mass is 10.2. The fourth-order valence-corrected chi connectivity index (χ4v) is 3.25. The first-order chi connectivity index (χ1) is 15.3. The molecule has 0 amide bonds. The highest BCUT2D eigenvalue weighted by Crippen LogP contribution is 2.25. The number of aryl methyl sites for hydroxylation is 1. The molecule has 1 aliphatic heterocycles. The summed E-state index contributed by atoms with van der Waals surface area (Å²) < 4.78 is 44.4. The van der Waals surface area contributed by atoms with Crippen molar-refractivity contribution < 1.29 is 22.7 Å². The maximum atomic E-state index is 12.3. The number of benzene rings is 1. The van der Waals surface area contributed by atoms with Crippen LogP contribution >= 0.6 is 0 Å². The van der Waals surface area contributed by atoms with Gasteiger partial charge in [-0.3, -0.25) is 0 Å². The van der Waals surface area contributed by atoms with E-state index in [9.17, 15) is 13.2 Å². The molecule has 0 aliphatic carbocycles. The molecule has 0 radical (unpaired) electrons. The third-order valence-electron chi connectivity index (χ3n) is 4.69. The van der Waals surface area contributed by atoms with Gasteiger partial charge < -0.3 is 9.14 Å². The molecular weight excluding hydrogens is 427 g/mol. The van der Waals surface area contributed by atoms with Gasteiger partial charge in [0.15, 0.2) is 5.84 Å². The van der Waals surface area contributed by atoms with Crippen molar-refractivity contribution >= 4 is 11.5 Å². The van der Waals surface area contributed by atoms with E-state index < -0.39 is 12.6 Å². The number of nitrogens with zero attached hydrogens (tertiary/aromatic N) is 6. The van der Waals surface area contributed by atoms with Crippen LogP contribution in [0.3, 0.4) is 0 Å². The normalized spacial score (nSPS) is 16.2. The van der Waals surface area contributed by atoms with Crippen LogP contribution in [0.2, 0.25) is 0 Å². The third-order valence-corrected chi connectivity index (χ3v) is 4.69. The molecule has 4 heterocycles. The molecule has 0 spiro atoms. The van der Waals surface area contributed by atoms with Gasteiger partial charge in [-0.1, -0.05) is 6.07 Å². The Hall–Kier alpha value is -3.93. The lowest BCUT2D eigenvalue weighted by molar-refractivity contribution is -0.274. The monoisotopic (exact) mass is 443 g/mol. The van der Waals surface area contributed by atoms with Crippen molar-refractivity contribution in [3.63, 3.8) is 0 Å². The number of rotatable bonds is 5. The molecule has 1 unspecified atom stereocenters. The van der Waals surface area contributed by atoms with Gasteiger partial charge in [0.2, 0.25) is 12.1 Å². The quantitative estimate of drug-likeness (QED) is 0.510. The molecule has 0 fully saturated rings. The van der Waals surface area contributed by atoms with E-state index in [1.54, 1.807) is 4.68 Å². The summed E-state index contributed by atoms with van der Waals surface area (Å²) in [7, 11) is 0. The highest BCUT2D eigenvalue weighted by molar-refractivity contribution is 5.98. The minimum absolute atomic E-state index is 0.319. The van der Waals surface area contributed by atoms with Crippen LogP contribution < -0.4 is 10.2 Å². The molecule has 0 saturated carbocycles. The minimum atomic E-state index is -4.75. The second-order valence-corrected chi connectivity index (χ2v) is 7.00. The second kappa shape index (κ2) is 7.64. The highest BCUT2D eigenvalue weighted by atomic mass is 19.4. The molecule has 32 heavy (non-hydrogen) atoms. The van der Waals surface area contributed by atoms with E-state index >= 15 is 0 Å². The first-order valence-corrected chi connectivity index (χ1v) is 9.54. The molecule has 1 N–H and O–H groups in total. The van der Waals surface area contributed by atoms with Crippen LogP contribution in [0.5, 0.6) is 5.75 Å². The number of halogens is 3. The van der Waals surface area contributed by atoms with Crippen LogP contribution in [0, 0.1) is 6.92 Å². The Bertz CT molecular complexity index is 1260. The summed E-state index contributed by atoms with van der Waals surface area (Å²) in [6.45, 7) is 2.25.